The molecule has 1 aromatic rings. The molecule has 0 aliphatic carbocycles. The molecule has 0 aromatic carbocycles. The Morgan fingerprint density at radius 2 is 1.89 bits per heavy atom. The van der Waals surface area contributed by atoms with E-state index in [0.29, 0.717) is 18.9 Å². The first kappa shape index (κ1) is 14.0. The summed E-state index contributed by atoms with van der Waals surface area (Å²) >= 11 is 0. The fraction of sp³-hybridized carbons (Fsp3) is 0.667. The smallest absolute Gasteiger partial charge is 0.153 e. The van der Waals surface area contributed by atoms with Gasteiger partial charge in [-0.3, -0.25) is 0 Å². The number of hydrogen-bond donors (Lipinski definition) is 1. The van der Waals surface area contributed by atoms with Crippen LogP contribution < -0.4 is 10.6 Å². The molecule has 0 atom stereocenters. The van der Waals surface area contributed by atoms with Crippen molar-refractivity contribution < 1.29 is 8.42 Å². The number of anilines is 2. The molecule has 1 aliphatic heterocycles. The number of sulfone groups is 1. The Bertz CT molecular complexity index is 557. The number of nitrogens with zero attached hydrogens (tertiary/aromatic N) is 3. The first-order chi connectivity index (χ1) is 8.93. The van der Waals surface area contributed by atoms with E-state index in [4.69, 9.17) is 5.73 Å². The van der Waals surface area contributed by atoms with Gasteiger partial charge in [-0.2, -0.15) is 0 Å². The van der Waals surface area contributed by atoms with Crippen LogP contribution in [0.2, 0.25) is 0 Å². The van der Waals surface area contributed by atoms with Gasteiger partial charge in [0, 0.05) is 25.1 Å². The van der Waals surface area contributed by atoms with Gasteiger partial charge in [-0.1, -0.05) is 6.92 Å². The lowest BCUT2D eigenvalue weighted by Gasteiger charge is -2.29. The summed E-state index contributed by atoms with van der Waals surface area (Å²) in [4.78, 5) is 10.8. The molecule has 1 fully saturated rings. The van der Waals surface area contributed by atoms with Gasteiger partial charge in [0.2, 0.25) is 0 Å². The van der Waals surface area contributed by atoms with E-state index in [2.05, 4.69) is 16.9 Å². The molecule has 2 N–H and O–H groups in total. The molecule has 1 aliphatic rings. The highest BCUT2D eigenvalue weighted by atomic mass is 32.2. The molecule has 0 bridgehead atoms. The van der Waals surface area contributed by atoms with Crippen molar-refractivity contribution in [3.05, 3.63) is 11.4 Å². The van der Waals surface area contributed by atoms with E-state index >= 15 is 0 Å². The quantitative estimate of drug-likeness (QED) is 0.872. The third kappa shape index (κ3) is 3.15. The number of nitrogens with two attached hydrogens (primary N) is 1. The first-order valence-electron chi connectivity index (χ1n) is 6.51. The Kier molecular flexibility index (Phi) is 3.93. The molecular weight excluding hydrogens is 264 g/mol. The van der Waals surface area contributed by atoms with E-state index in [0.717, 1.165) is 30.0 Å². The average Bonchev–Trinajstić information content (AvgIpc) is 2.34. The fourth-order valence-corrected chi connectivity index (χ4v) is 3.34. The Balaban J connectivity index is 2.29. The van der Waals surface area contributed by atoms with Crippen molar-refractivity contribution in [2.75, 3.05) is 35.2 Å². The zero-order valence-electron chi connectivity index (χ0n) is 11.4. The zero-order valence-corrected chi connectivity index (χ0v) is 12.2. The SMILES string of the molecule is CCCc1nc(N)c(C)c(N2CCS(=O)(=O)CC2)n1. The van der Waals surface area contributed by atoms with Crippen LogP contribution in [0.1, 0.15) is 24.7 Å². The van der Waals surface area contributed by atoms with Crippen LogP contribution in [0, 0.1) is 6.92 Å². The first-order valence-corrected chi connectivity index (χ1v) is 8.33. The number of hydrogen-bond acceptors (Lipinski definition) is 6. The highest BCUT2D eigenvalue weighted by Gasteiger charge is 2.24. The second-order valence-corrected chi connectivity index (χ2v) is 7.17. The lowest BCUT2D eigenvalue weighted by Crippen LogP contribution is -2.41. The molecule has 6 nitrogen and oxygen atoms in total. The topological polar surface area (TPSA) is 89.2 Å². The maximum Gasteiger partial charge on any atom is 0.153 e. The molecule has 0 amide bonds. The number of rotatable bonds is 3. The summed E-state index contributed by atoms with van der Waals surface area (Å²) in [7, 11) is -2.88. The molecule has 1 saturated heterocycles. The minimum absolute atomic E-state index is 0.180. The Morgan fingerprint density at radius 1 is 1.26 bits per heavy atom. The third-order valence-electron chi connectivity index (χ3n) is 3.32. The van der Waals surface area contributed by atoms with Crippen molar-refractivity contribution in [3.63, 3.8) is 0 Å². The lowest BCUT2D eigenvalue weighted by atomic mass is 10.2. The third-order valence-corrected chi connectivity index (χ3v) is 4.93. The number of aromatic nitrogens is 2. The van der Waals surface area contributed by atoms with Crippen molar-refractivity contribution in [3.8, 4) is 0 Å². The van der Waals surface area contributed by atoms with E-state index in [1.165, 1.54) is 0 Å². The van der Waals surface area contributed by atoms with Crippen molar-refractivity contribution in [1.82, 2.24) is 9.97 Å². The summed E-state index contributed by atoms with van der Waals surface area (Å²) in [5, 5.41) is 0. The fourth-order valence-electron chi connectivity index (χ4n) is 2.14. The lowest BCUT2D eigenvalue weighted by molar-refractivity contribution is 0.586. The summed E-state index contributed by atoms with van der Waals surface area (Å²) in [5.74, 6) is 2.36. The van der Waals surface area contributed by atoms with Gasteiger partial charge in [-0.25, -0.2) is 18.4 Å². The van der Waals surface area contributed by atoms with E-state index in [-0.39, 0.29) is 11.5 Å². The second kappa shape index (κ2) is 5.32. The normalized spacial score (nSPS) is 18.5. The van der Waals surface area contributed by atoms with E-state index < -0.39 is 9.84 Å². The number of nitrogen functional groups attached to an aromatic ring is 1. The summed E-state index contributed by atoms with van der Waals surface area (Å²) < 4.78 is 22.9. The van der Waals surface area contributed by atoms with Crippen molar-refractivity contribution in [2.24, 2.45) is 0 Å². The van der Waals surface area contributed by atoms with Crippen molar-refractivity contribution >= 4 is 21.5 Å². The molecule has 19 heavy (non-hydrogen) atoms. The Hall–Kier alpha value is -1.37. The molecule has 1 aromatic heterocycles. The van der Waals surface area contributed by atoms with Crippen LogP contribution in [0.3, 0.4) is 0 Å². The van der Waals surface area contributed by atoms with Crippen LogP contribution in [0.25, 0.3) is 0 Å². The van der Waals surface area contributed by atoms with E-state index in [1.807, 2.05) is 11.8 Å². The number of aryl methyl sites for hydroxylation is 1. The molecule has 0 radical (unpaired) electrons. The largest absolute Gasteiger partial charge is 0.383 e. The maximum atomic E-state index is 11.5. The van der Waals surface area contributed by atoms with Crippen molar-refractivity contribution in [1.29, 1.82) is 0 Å². The molecule has 7 heteroatoms. The highest BCUT2D eigenvalue weighted by molar-refractivity contribution is 7.91. The van der Waals surface area contributed by atoms with Gasteiger partial charge < -0.3 is 10.6 Å². The molecular formula is C12H20N4O2S. The van der Waals surface area contributed by atoms with E-state index in [9.17, 15) is 8.42 Å². The van der Waals surface area contributed by atoms with Gasteiger partial charge in [0.15, 0.2) is 9.84 Å². The molecule has 0 spiro atoms. The Morgan fingerprint density at radius 3 is 2.47 bits per heavy atom. The summed E-state index contributed by atoms with van der Waals surface area (Å²) in [6.45, 7) is 4.90. The minimum Gasteiger partial charge on any atom is -0.383 e. The van der Waals surface area contributed by atoms with Gasteiger partial charge in [0.1, 0.15) is 17.5 Å². The predicted octanol–water partition coefficient (Wildman–Crippen LogP) is 0.555. The van der Waals surface area contributed by atoms with Crippen LogP contribution in [-0.2, 0) is 16.3 Å². The standard InChI is InChI=1S/C12H20N4O2S/c1-3-4-10-14-11(13)9(2)12(15-10)16-5-7-19(17,18)8-6-16/h3-8H2,1-2H3,(H2,13,14,15). The van der Waals surface area contributed by atoms with Crippen LogP contribution in [0.4, 0.5) is 11.6 Å². The van der Waals surface area contributed by atoms with Gasteiger partial charge >= 0.3 is 0 Å². The van der Waals surface area contributed by atoms with Crippen LogP contribution in [0.15, 0.2) is 0 Å². The molecule has 0 unspecified atom stereocenters. The predicted molar refractivity (Wildman–Crippen MR) is 76.0 cm³/mol. The van der Waals surface area contributed by atoms with Gasteiger partial charge in [-0.05, 0) is 13.3 Å². The molecule has 0 saturated carbocycles. The molecule has 2 heterocycles. The van der Waals surface area contributed by atoms with Gasteiger partial charge in [-0.15, -0.1) is 0 Å². The molecule has 2 rings (SSSR count). The minimum atomic E-state index is -2.88. The maximum absolute atomic E-state index is 11.5. The summed E-state index contributed by atoms with van der Waals surface area (Å²) in [6.07, 6.45) is 1.74. The average molecular weight is 284 g/mol. The van der Waals surface area contributed by atoms with E-state index in [1.54, 1.807) is 0 Å². The van der Waals surface area contributed by atoms with Crippen LogP contribution >= 0.6 is 0 Å². The van der Waals surface area contributed by atoms with Crippen LogP contribution in [-0.4, -0.2) is 43.0 Å². The highest BCUT2D eigenvalue weighted by Crippen LogP contribution is 2.23. The summed E-state index contributed by atoms with van der Waals surface area (Å²) in [6, 6.07) is 0. The molecule has 106 valence electrons. The monoisotopic (exact) mass is 284 g/mol. The second-order valence-electron chi connectivity index (χ2n) is 4.86. The van der Waals surface area contributed by atoms with Gasteiger partial charge in [0.25, 0.3) is 0 Å². The van der Waals surface area contributed by atoms with Gasteiger partial charge in [0.05, 0.1) is 11.5 Å². The van der Waals surface area contributed by atoms with Crippen LogP contribution in [0.5, 0.6) is 0 Å². The zero-order chi connectivity index (χ0) is 14.0. The summed E-state index contributed by atoms with van der Waals surface area (Å²) in [5.41, 5.74) is 6.75. The Labute approximate surface area is 114 Å². The van der Waals surface area contributed by atoms with Crippen molar-refractivity contribution in [2.45, 2.75) is 26.7 Å².